The Kier molecular flexibility index (Phi) is 6.01. The summed E-state index contributed by atoms with van der Waals surface area (Å²) in [5, 5.41) is 0. The van der Waals surface area contributed by atoms with Crippen LogP contribution in [0, 0.1) is 0 Å². The van der Waals surface area contributed by atoms with Crippen LogP contribution in [0.15, 0.2) is 50.6 Å². The van der Waals surface area contributed by atoms with Crippen molar-refractivity contribution >= 4 is 0 Å². The average molecular weight is 220 g/mol. The van der Waals surface area contributed by atoms with Crippen LogP contribution in [0.25, 0.3) is 0 Å². The Morgan fingerprint density at radius 1 is 0.625 bits per heavy atom. The van der Waals surface area contributed by atoms with E-state index in [2.05, 4.69) is 26.3 Å². The largest absolute Gasteiger partial charge is 0.323 e. The Morgan fingerprint density at radius 3 is 0.938 bits per heavy atom. The zero-order valence-corrected chi connectivity index (χ0v) is 10.1. The Labute approximate surface area is 99.4 Å². The molecule has 4 N–H and O–H groups in total. The highest BCUT2D eigenvalue weighted by atomic mass is 14.9. The van der Waals surface area contributed by atoms with Crippen molar-refractivity contribution in [3.05, 3.63) is 50.6 Å². The van der Waals surface area contributed by atoms with Crippen LogP contribution in [-0.2, 0) is 0 Å². The van der Waals surface area contributed by atoms with Crippen molar-refractivity contribution in [2.45, 2.75) is 36.8 Å². The quantitative estimate of drug-likeness (QED) is 0.587. The number of hydrogen-bond acceptors (Lipinski definition) is 2. The molecule has 0 aliphatic carbocycles. The van der Waals surface area contributed by atoms with E-state index in [4.69, 9.17) is 11.5 Å². The van der Waals surface area contributed by atoms with E-state index in [0.29, 0.717) is 25.7 Å². The van der Waals surface area contributed by atoms with Gasteiger partial charge in [0.05, 0.1) is 0 Å². The van der Waals surface area contributed by atoms with Gasteiger partial charge in [0.15, 0.2) is 0 Å². The first-order valence-corrected chi connectivity index (χ1v) is 5.51. The van der Waals surface area contributed by atoms with Gasteiger partial charge in [-0.15, -0.1) is 26.3 Å². The fourth-order valence-corrected chi connectivity index (χ4v) is 2.01. The van der Waals surface area contributed by atoms with Crippen molar-refractivity contribution < 1.29 is 0 Å². The maximum atomic E-state index is 6.41. The maximum absolute atomic E-state index is 6.41. The van der Waals surface area contributed by atoms with Crippen molar-refractivity contribution in [3.8, 4) is 0 Å². The first kappa shape index (κ1) is 14.9. The van der Waals surface area contributed by atoms with Crippen LogP contribution in [0.4, 0.5) is 0 Å². The van der Waals surface area contributed by atoms with Crippen LogP contribution in [-0.4, -0.2) is 11.1 Å². The fourth-order valence-electron chi connectivity index (χ4n) is 2.01. The molecule has 0 bridgehead atoms. The molecule has 0 heterocycles. The van der Waals surface area contributed by atoms with E-state index >= 15 is 0 Å². The van der Waals surface area contributed by atoms with E-state index in [1.54, 1.807) is 24.3 Å². The summed E-state index contributed by atoms with van der Waals surface area (Å²) in [5.74, 6) is 0. The number of rotatable bonds is 9. The van der Waals surface area contributed by atoms with Gasteiger partial charge in [-0.05, 0) is 25.7 Å². The Hall–Kier alpha value is -1.12. The minimum atomic E-state index is -0.543. The molecule has 0 aliphatic heterocycles. The molecule has 2 nitrogen and oxygen atoms in total. The predicted octanol–water partition coefficient (Wildman–Crippen LogP) is 2.69. The highest BCUT2D eigenvalue weighted by Gasteiger charge is 2.42. The Balaban J connectivity index is 5.19. The van der Waals surface area contributed by atoms with Gasteiger partial charge in [0.1, 0.15) is 0 Å². The molecule has 90 valence electrons. The monoisotopic (exact) mass is 220 g/mol. The van der Waals surface area contributed by atoms with Crippen molar-refractivity contribution in [3.63, 3.8) is 0 Å². The summed E-state index contributed by atoms with van der Waals surface area (Å²) in [6.07, 6.45) is 9.81. The average Bonchev–Trinajstić information content (AvgIpc) is 2.19. The lowest BCUT2D eigenvalue weighted by Crippen LogP contribution is -2.65. The molecule has 0 aromatic carbocycles. The SMILES string of the molecule is C=CCC(N)(CC=C)C(N)(CC=C)CC=C. The molecule has 0 saturated heterocycles. The zero-order valence-electron chi connectivity index (χ0n) is 10.1. The summed E-state index contributed by atoms with van der Waals surface area (Å²) in [7, 11) is 0. The number of hydrogen-bond donors (Lipinski definition) is 2. The van der Waals surface area contributed by atoms with Crippen LogP contribution in [0.3, 0.4) is 0 Å². The topological polar surface area (TPSA) is 52.0 Å². The summed E-state index contributed by atoms with van der Waals surface area (Å²) in [4.78, 5) is 0. The first-order valence-electron chi connectivity index (χ1n) is 5.51. The summed E-state index contributed by atoms with van der Waals surface area (Å²) in [5.41, 5.74) is 11.7. The van der Waals surface area contributed by atoms with Crippen molar-refractivity contribution in [2.75, 3.05) is 0 Å². The predicted molar refractivity (Wildman–Crippen MR) is 73.1 cm³/mol. The molecule has 0 amide bonds. The lowest BCUT2D eigenvalue weighted by Gasteiger charge is -2.45. The zero-order chi connectivity index (χ0) is 12.7. The minimum absolute atomic E-state index is 0.543. The molecular formula is C14H24N2. The summed E-state index contributed by atoms with van der Waals surface area (Å²) in [6.45, 7) is 15.0. The summed E-state index contributed by atoms with van der Waals surface area (Å²) >= 11 is 0. The van der Waals surface area contributed by atoms with E-state index in [-0.39, 0.29) is 0 Å². The smallest absolute Gasteiger partial charge is 0.0412 e. The van der Waals surface area contributed by atoms with Gasteiger partial charge < -0.3 is 11.5 Å². The second-order valence-corrected chi connectivity index (χ2v) is 4.28. The third-order valence-corrected chi connectivity index (χ3v) is 3.03. The van der Waals surface area contributed by atoms with Gasteiger partial charge in [0.2, 0.25) is 0 Å². The van der Waals surface area contributed by atoms with Crippen molar-refractivity contribution in [1.82, 2.24) is 0 Å². The molecule has 16 heavy (non-hydrogen) atoms. The molecule has 0 fully saturated rings. The lowest BCUT2D eigenvalue weighted by atomic mass is 9.69. The van der Waals surface area contributed by atoms with Crippen LogP contribution in [0.2, 0.25) is 0 Å². The van der Waals surface area contributed by atoms with E-state index in [0.717, 1.165) is 0 Å². The molecular weight excluding hydrogens is 196 g/mol. The number of nitrogens with two attached hydrogens (primary N) is 2. The Bertz CT molecular complexity index is 218. The van der Waals surface area contributed by atoms with Gasteiger partial charge in [0, 0.05) is 11.1 Å². The molecule has 0 saturated carbocycles. The molecule has 0 rings (SSSR count). The molecule has 0 radical (unpaired) electrons. The normalized spacial score (nSPS) is 11.9. The Morgan fingerprint density at radius 2 is 0.812 bits per heavy atom. The van der Waals surface area contributed by atoms with Gasteiger partial charge >= 0.3 is 0 Å². The van der Waals surface area contributed by atoms with Crippen LogP contribution < -0.4 is 11.5 Å². The summed E-state index contributed by atoms with van der Waals surface area (Å²) in [6, 6.07) is 0. The van der Waals surface area contributed by atoms with E-state index in [1.165, 1.54) is 0 Å². The van der Waals surface area contributed by atoms with Crippen LogP contribution in [0.1, 0.15) is 25.7 Å². The molecule has 2 heteroatoms. The highest BCUT2D eigenvalue weighted by molar-refractivity contribution is 5.15. The second-order valence-electron chi connectivity index (χ2n) is 4.28. The van der Waals surface area contributed by atoms with Gasteiger partial charge in [-0.2, -0.15) is 0 Å². The first-order chi connectivity index (χ1) is 7.49. The lowest BCUT2D eigenvalue weighted by molar-refractivity contribution is 0.223. The van der Waals surface area contributed by atoms with E-state index in [1.807, 2.05) is 0 Å². The minimum Gasteiger partial charge on any atom is -0.323 e. The molecule has 0 atom stereocenters. The van der Waals surface area contributed by atoms with Gasteiger partial charge in [-0.1, -0.05) is 24.3 Å². The van der Waals surface area contributed by atoms with Gasteiger partial charge in [0.25, 0.3) is 0 Å². The standard InChI is InChI=1S/C14H24N2/c1-5-9-13(15,10-6-2)14(16,11-7-3)12-8-4/h5-8H,1-4,9-12,15-16H2. The van der Waals surface area contributed by atoms with Gasteiger partial charge in [-0.3, -0.25) is 0 Å². The molecule has 0 aromatic rings. The highest BCUT2D eigenvalue weighted by Crippen LogP contribution is 2.32. The maximum Gasteiger partial charge on any atom is 0.0412 e. The second kappa shape index (κ2) is 6.46. The van der Waals surface area contributed by atoms with Crippen molar-refractivity contribution in [1.29, 1.82) is 0 Å². The summed E-state index contributed by atoms with van der Waals surface area (Å²) < 4.78 is 0. The van der Waals surface area contributed by atoms with Crippen molar-refractivity contribution in [2.24, 2.45) is 11.5 Å². The molecule has 0 aliphatic rings. The fraction of sp³-hybridized carbons (Fsp3) is 0.429. The molecule has 0 aromatic heterocycles. The van der Waals surface area contributed by atoms with Crippen LogP contribution in [0.5, 0.6) is 0 Å². The van der Waals surface area contributed by atoms with E-state index < -0.39 is 11.1 Å². The van der Waals surface area contributed by atoms with Crippen LogP contribution >= 0.6 is 0 Å². The van der Waals surface area contributed by atoms with Gasteiger partial charge in [-0.25, -0.2) is 0 Å². The molecule has 0 spiro atoms. The third kappa shape index (κ3) is 3.19. The molecule has 0 unspecified atom stereocenters. The third-order valence-electron chi connectivity index (χ3n) is 3.03. The van der Waals surface area contributed by atoms with E-state index in [9.17, 15) is 0 Å².